The monoisotopic (exact) mass is 389 g/mol. The third-order valence-corrected chi connectivity index (χ3v) is 4.36. The highest BCUT2D eigenvalue weighted by molar-refractivity contribution is 5.88. The molecule has 0 N–H and O–H groups in total. The van der Waals surface area contributed by atoms with Crippen molar-refractivity contribution < 1.29 is 9.53 Å². The molecule has 0 amide bonds. The lowest BCUT2D eigenvalue weighted by atomic mass is 10.2. The maximum Gasteiger partial charge on any atom is 0.338 e. The van der Waals surface area contributed by atoms with Gasteiger partial charge < -0.3 is 9.64 Å². The normalized spacial score (nSPS) is 15.1. The average molecular weight is 390 g/mol. The molecular formula is C26H31NO2. The molecule has 0 fully saturated rings. The summed E-state index contributed by atoms with van der Waals surface area (Å²) in [6.07, 6.45) is 21.5. The molecule has 29 heavy (non-hydrogen) atoms. The smallest absolute Gasteiger partial charge is 0.338 e. The Morgan fingerprint density at radius 2 is 1.69 bits per heavy atom. The molecular weight excluding hydrogens is 358 g/mol. The Morgan fingerprint density at radius 3 is 2.41 bits per heavy atom. The maximum absolute atomic E-state index is 11.7. The summed E-state index contributed by atoms with van der Waals surface area (Å²) in [6, 6.07) is 7.61. The van der Waals surface area contributed by atoms with Crippen LogP contribution in [0.2, 0.25) is 0 Å². The van der Waals surface area contributed by atoms with Gasteiger partial charge >= 0.3 is 5.97 Å². The van der Waals surface area contributed by atoms with Crippen LogP contribution in [-0.2, 0) is 4.79 Å². The van der Waals surface area contributed by atoms with Crippen molar-refractivity contribution in [3.63, 3.8) is 0 Å². The topological polar surface area (TPSA) is 29.5 Å². The Balaban J connectivity index is 0.00000145. The molecule has 3 rings (SSSR count). The Morgan fingerprint density at radius 1 is 0.966 bits per heavy atom. The van der Waals surface area contributed by atoms with Crippen molar-refractivity contribution in [1.82, 2.24) is 0 Å². The fraction of sp³-hybridized carbons (Fsp3) is 0.269. The van der Waals surface area contributed by atoms with Gasteiger partial charge in [-0.15, -0.1) is 0 Å². The summed E-state index contributed by atoms with van der Waals surface area (Å²) in [7, 11) is 0. The molecule has 0 atom stereocenters. The number of nitrogens with zero attached hydrogens (tertiary/aromatic N) is 1. The predicted molar refractivity (Wildman–Crippen MR) is 123 cm³/mol. The van der Waals surface area contributed by atoms with Crippen LogP contribution >= 0.6 is 0 Å². The molecule has 1 aromatic carbocycles. The standard InChI is InChI=1S/C24H25NO2.C2H6/c1-19(2)24(26)27-23-17-15-22(16-18-23)25(20-11-7-3-4-8-12-20)21-13-9-5-6-10-14-21;1-2/h3-4,7,9,11-18H,1,5-6,8,10H2,2H3;1-2H3. The van der Waals surface area contributed by atoms with Crippen LogP contribution in [0.1, 0.15) is 46.5 Å². The number of carbonyl (C=O) groups excluding carboxylic acids is 1. The van der Waals surface area contributed by atoms with E-state index in [9.17, 15) is 4.79 Å². The summed E-state index contributed by atoms with van der Waals surface area (Å²) in [5.74, 6) is 0.110. The van der Waals surface area contributed by atoms with Gasteiger partial charge in [0.15, 0.2) is 0 Å². The number of carbonyl (C=O) groups is 1. The first-order chi connectivity index (χ1) is 14.1. The van der Waals surface area contributed by atoms with Gasteiger partial charge in [-0.3, -0.25) is 0 Å². The first-order valence-corrected chi connectivity index (χ1v) is 10.3. The second-order valence-corrected chi connectivity index (χ2v) is 6.61. The molecule has 3 heteroatoms. The highest BCUT2D eigenvalue weighted by Gasteiger charge is 2.15. The zero-order valence-corrected chi connectivity index (χ0v) is 17.7. The summed E-state index contributed by atoms with van der Waals surface area (Å²) < 4.78 is 5.32. The first-order valence-electron chi connectivity index (χ1n) is 10.3. The van der Waals surface area contributed by atoms with Gasteiger partial charge in [0.05, 0.1) is 0 Å². The van der Waals surface area contributed by atoms with E-state index in [-0.39, 0.29) is 0 Å². The minimum atomic E-state index is -0.408. The van der Waals surface area contributed by atoms with Crippen LogP contribution < -0.4 is 9.64 Å². The van der Waals surface area contributed by atoms with Gasteiger partial charge in [0.25, 0.3) is 0 Å². The van der Waals surface area contributed by atoms with Gasteiger partial charge in [-0.25, -0.2) is 4.79 Å². The first kappa shape index (κ1) is 22.2. The number of hydrogen-bond donors (Lipinski definition) is 0. The molecule has 1 aromatic rings. The van der Waals surface area contributed by atoms with Crippen LogP contribution in [0.5, 0.6) is 5.75 Å². The summed E-state index contributed by atoms with van der Waals surface area (Å²) in [4.78, 5) is 14.0. The Kier molecular flexibility index (Phi) is 8.97. The zero-order chi connectivity index (χ0) is 21.1. The molecule has 2 aliphatic rings. The number of ether oxygens (including phenoxy) is 1. The number of benzene rings is 1. The molecule has 2 aliphatic carbocycles. The van der Waals surface area contributed by atoms with Gasteiger partial charge in [0.2, 0.25) is 0 Å². The Bertz CT molecular complexity index is 849. The molecule has 0 saturated carbocycles. The second kappa shape index (κ2) is 11.7. The van der Waals surface area contributed by atoms with E-state index in [1.54, 1.807) is 6.92 Å². The molecule has 0 radical (unpaired) electrons. The lowest BCUT2D eigenvalue weighted by Crippen LogP contribution is -2.20. The van der Waals surface area contributed by atoms with Crippen molar-refractivity contribution in [3.8, 4) is 5.75 Å². The van der Waals surface area contributed by atoms with Crippen molar-refractivity contribution in [2.45, 2.75) is 46.5 Å². The molecule has 3 nitrogen and oxygen atoms in total. The van der Waals surface area contributed by atoms with E-state index in [4.69, 9.17) is 4.74 Å². The van der Waals surface area contributed by atoms with Crippen molar-refractivity contribution in [2.75, 3.05) is 4.90 Å². The molecule has 0 bridgehead atoms. The summed E-state index contributed by atoms with van der Waals surface area (Å²) >= 11 is 0. The molecule has 0 unspecified atom stereocenters. The second-order valence-electron chi connectivity index (χ2n) is 6.61. The minimum absolute atomic E-state index is 0.385. The number of anilines is 1. The highest BCUT2D eigenvalue weighted by Crippen LogP contribution is 2.30. The SMILES string of the molecule is C=C(C)C(=O)Oc1ccc(N(C2=CCC=CC=C2)C2=CCCCC=C2)cc1.CC. The molecule has 0 heterocycles. The molecule has 0 aromatic heterocycles. The predicted octanol–water partition coefficient (Wildman–Crippen LogP) is 7.02. The summed E-state index contributed by atoms with van der Waals surface area (Å²) in [5, 5.41) is 0. The van der Waals surface area contributed by atoms with E-state index in [1.807, 2.05) is 38.1 Å². The zero-order valence-electron chi connectivity index (χ0n) is 17.7. The third kappa shape index (κ3) is 6.49. The number of hydrogen-bond acceptors (Lipinski definition) is 3. The van der Waals surface area contributed by atoms with E-state index in [2.05, 4.69) is 60.1 Å². The van der Waals surface area contributed by atoms with Gasteiger partial charge in [0.1, 0.15) is 5.75 Å². The van der Waals surface area contributed by atoms with Crippen molar-refractivity contribution in [1.29, 1.82) is 0 Å². The Hall–Kier alpha value is -3.07. The molecule has 152 valence electrons. The lowest BCUT2D eigenvalue weighted by Gasteiger charge is -2.27. The minimum Gasteiger partial charge on any atom is -0.423 e. The average Bonchev–Trinajstić information content (AvgIpc) is 3.17. The van der Waals surface area contributed by atoms with E-state index >= 15 is 0 Å². The fourth-order valence-electron chi connectivity index (χ4n) is 2.96. The van der Waals surface area contributed by atoms with Crippen molar-refractivity contribution in [2.24, 2.45) is 0 Å². The quantitative estimate of drug-likeness (QED) is 0.308. The third-order valence-electron chi connectivity index (χ3n) is 4.36. The Labute approximate surface area is 175 Å². The summed E-state index contributed by atoms with van der Waals surface area (Å²) in [6.45, 7) is 9.26. The van der Waals surface area contributed by atoms with Crippen LogP contribution in [0.25, 0.3) is 0 Å². The van der Waals surface area contributed by atoms with E-state index < -0.39 is 5.97 Å². The van der Waals surface area contributed by atoms with Crippen molar-refractivity contribution in [3.05, 3.63) is 96.4 Å². The number of esters is 1. The van der Waals surface area contributed by atoms with Crippen LogP contribution in [-0.4, -0.2) is 5.97 Å². The van der Waals surface area contributed by atoms with E-state index in [0.29, 0.717) is 11.3 Å². The van der Waals surface area contributed by atoms with Crippen LogP contribution in [0, 0.1) is 0 Å². The van der Waals surface area contributed by atoms with Gasteiger partial charge in [0, 0.05) is 22.7 Å². The highest BCUT2D eigenvalue weighted by atomic mass is 16.5. The van der Waals surface area contributed by atoms with Crippen LogP contribution in [0.4, 0.5) is 5.69 Å². The van der Waals surface area contributed by atoms with E-state index in [1.165, 1.54) is 6.42 Å². The van der Waals surface area contributed by atoms with E-state index in [0.717, 1.165) is 36.3 Å². The fourth-order valence-corrected chi connectivity index (χ4v) is 2.96. The van der Waals surface area contributed by atoms with Gasteiger partial charge in [-0.2, -0.15) is 0 Å². The largest absolute Gasteiger partial charge is 0.423 e. The van der Waals surface area contributed by atoms with Crippen LogP contribution in [0.3, 0.4) is 0 Å². The van der Waals surface area contributed by atoms with Gasteiger partial charge in [-0.1, -0.05) is 56.9 Å². The number of allylic oxidation sites excluding steroid dienone is 8. The molecule has 0 saturated heterocycles. The maximum atomic E-state index is 11.7. The number of rotatable bonds is 5. The van der Waals surface area contributed by atoms with Crippen LogP contribution in [0.15, 0.2) is 96.4 Å². The van der Waals surface area contributed by atoms with Crippen molar-refractivity contribution >= 4 is 11.7 Å². The summed E-state index contributed by atoms with van der Waals surface area (Å²) in [5.41, 5.74) is 3.71. The molecule has 0 spiro atoms. The van der Waals surface area contributed by atoms with Gasteiger partial charge in [-0.05, 0) is 69.0 Å². The molecule has 0 aliphatic heterocycles. The lowest BCUT2D eigenvalue weighted by molar-refractivity contribution is -0.130.